The van der Waals surface area contributed by atoms with E-state index in [0.29, 0.717) is 23.0 Å². The molecule has 0 bridgehead atoms. The lowest BCUT2D eigenvalue weighted by Gasteiger charge is -2.19. The average Bonchev–Trinajstić information content (AvgIpc) is 2.31. The van der Waals surface area contributed by atoms with Crippen LogP contribution in [0.2, 0.25) is 0 Å². The van der Waals surface area contributed by atoms with Gasteiger partial charge in [0.25, 0.3) is 0 Å². The van der Waals surface area contributed by atoms with Crippen LogP contribution in [-0.4, -0.2) is 28.4 Å². The predicted molar refractivity (Wildman–Crippen MR) is 61.5 cm³/mol. The first-order valence-electron chi connectivity index (χ1n) is 4.53. The van der Waals surface area contributed by atoms with Crippen molar-refractivity contribution in [2.75, 3.05) is 39.9 Å². The van der Waals surface area contributed by atoms with Crippen LogP contribution in [0.25, 0.3) is 0 Å². The highest BCUT2D eigenvalue weighted by Gasteiger charge is 2.24. The number of nitrogen functional groups attached to an aromatic ring is 2. The Morgan fingerprint density at radius 1 is 0.562 bits per heavy atom. The number of anilines is 2. The fourth-order valence-electron chi connectivity index (χ4n) is 1.47. The largest absolute Gasteiger partial charge is 0.491 e. The fourth-order valence-corrected chi connectivity index (χ4v) is 1.47. The topological polar surface area (TPSA) is 89.0 Å². The molecule has 0 aliphatic carbocycles. The van der Waals surface area contributed by atoms with Gasteiger partial charge in [0.15, 0.2) is 11.5 Å². The van der Waals surface area contributed by atoms with Gasteiger partial charge in [-0.2, -0.15) is 0 Å². The van der Waals surface area contributed by atoms with Gasteiger partial charge in [0.2, 0.25) is 11.5 Å². The second-order valence-electron chi connectivity index (χ2n) is 2.96. The Morgan fingerprint density at radius 3 is 1.00 bits per heavy atom. The number of nitrogens with two attached hydrogens (primary N) is 2. The summed E-state index contributed by atoms with van der Waals surface area (Å²) in [6.07, 6.45) is 0. The molecule has 16 heavy (non-hydrogen) atoms. The van der Waals surface area contributed by atoms with Gasteiger partial charge in [-0.1, -0.05) is 0 Å². The maximum absolute atomic E-state index is 5.80. The minimum absolute atomic E-state index is 0.261. The lowest BCUT2D eigenvalue weighted by Crippen LogP contribution is -2.05. The molecule has 1 aromatic rings. The second-order valence-corrected chi connectivity index (χ2v) is 2.96. The summed E-state index contributed by atoms with van der Waals surface area (Å²) in [5.41, 5.74) is 12.1. The van der Waals surface area contributed by atoms with Gasteiger partial charge in [0.05, 0.1) is 28.4 Å². The molecular weight excluding hydrogens is 212 g/mol. The van der Waals surface area contributed by atoms with Crippen molar-refractivity contribution in [1.82, 2.24) is 0 Å². The third kappa shape index (κ3) is 1.62. The zero-order valence-corrected chi connectivity index (χ0v) is 9.79. The van der Waals surface area contributed by atoms with Gasteiger partial charge in [0, 0.05) is 0 Å². The summed E-state index contributed by atoms with van der Waals surface area (Å²) in [6.45, 7) is 0. The normalized spacial score (nSPS) is 9.75. The van der Waals surface area contributed by atoms with Gasteiger partial charge in [-0.15, -0.1) is 0 Å². The maximum Gasteiger partial charge on any atom is 0.209 e. The van der Waals surface area contributed by atoms with E-state index in [2.05, 4.69) is 0 Å². The third-order valence-corrected chi connectivity index (χ3v) is 2.21. The summed E-state index contributed by atoms with van der Waals surface area (Å²) in [5, 5.41) is 0. The molecule has 0 aromatic heterocycles. The standard InChI is InChI=1S/C10H16N2O4/c1-13-7-5(11)6(12)8(14-2)10(16-4)9(7)15-3/h11-12H2,1-4H3. The van der Waals surface area contributed by atoms with E-state index in [1.165, 1.54) is 28.4 Å². The summed E-state index contributed by atoms with van der Waals surface area (Å²) in [4.78, 5) is 0. The van der Waals surface area contributed by atoms with Crippen LogP contribution < -0.4 is 30.4 Å². The van der Waals surface area contributed by atoms with Crippen LogP contribution in [-0.2, 0) is 0 Å². The first-order valence-corrected chi connectivity index (χ1v) is 4.53. The molecule has 0 saturated heterocycles. The molecule has 0 saturated carbocycles. The highest BCUT2D eigenvalue weighted by molar-refractivity contribution is 5.85. The van der Waals surface area contributed by atoms with E-state index in [0.717, 1.165) is 0 Å². The highest BCUT2D eigenvalue weighted by atomic mass is 16.5. The van der Waals surface area contributed by atoms with Gasteiger partial charge in [-0.3, -0.25) is 0 Å². The summed E-state index contributed by atoms with van der Waals surface area (Å²) < 4.78 is 20.6. The Bertz CT molecular complexity index is 356. The van der Waals surface area contributed by atoms with E-state index in [9.17, 15) is 0 Å². The number of hydrogen-bond donors (Lipinski definition) is 2. The van der Waals surface area contributed by atoms with E-state index in [4.69, 9.17) is 30.4 Å². The molecule has 0 aliphatic heterocycles. The molecule has 0 spiro atoms. The maximum atomic E-state index is 5.80. The summed E-state index contributed by atoms with van der Waals surface area (Å²) in [7, 11) is 5.91. The minimum atomic E-state index is 0.261. The molecule has 1 aromatic carbocycles. The Balaban J connectivity index is 3.61. The van der Waals surface area contributed by atoms with Crippen LogP contribution >= 0.6 is 0 Å². The number of ether oxygens (including phenoxy) is 4. The van der Waals surface area contributed by atoms with Crippen molar-refractivity contribution in [3.05, 3.63) is 0 Å². The molecular formula is C10H16N2O4. The lowest BCUT2D eigenvalue weighted by molar-refractivity contribution is 0.307. The fraction of sp³-hybridized carbons (Fsp3) is 0.400. The molecule has 0 heterocycles. The van der Waals surface area contributed by atoms with Gasteiger partial charge < -0.3 is 30.4 Å². The number of methoxy groups -OCH3 is 4. The Hall–Kier alpha value is -1.98. The van der Waals surface area contributed by atoms with Crippen LogP contribution in [0.3, 0.4) is 0 Å². The lowest BCUT2D eigenvalue weighted by atomic mass is 10.2. The number of benzene rings is 1. The molecule has 0 amide bonds. The van der Waals surface area contributed by atoms with Crippen LogP contribution in [0.4, 0.5) is 11.4 Å². The van der Waals surface area contributed by atoms with E-state index < -0.39 is 0 Å². The van der Waals surface area contributed by atoms with Gasteiger partial charge in [-0.05, 0) is 0 Å². The first-order chi connectivity index (χ1) is 7.62. The molecule has 1 rings (SSSR count). The molecule has 6 nitrogen and oxygen atoms in total. The Morgan fingerprint density at radius 2 is 0.812 bits per heavy atom. The molecule has 0 unspecified atom stereocenters. The zero-order chi connectivity index (χ0) is 12.3. The van der Waals surface area contributed by atoms with E-state index in [1.54, 1.807) is 0 Å². The van der Waals surface area contributed by atoms with Crippen LogP contribution in [0, 0.1) is 0 Å². The van der Waals surface area contributed by atoms with Gasteiger partial charge >= 0.3 is 0 Å². The van der Waals surface area contributed by atoms with Crippen molar-refractivity contribution in [3.63, 3.8) is 0 Å². The van der Waals surface area contributed by atoms with Crippen molar-refractivity contribution in [1.29, 1.82) is 0 Å². The number of hydrogen-bond acceptors (Lipinski definition) is 6. The van der Waals surface area contributed by atoms with Gasteiger partial charge in [-0.25, -0.2) is 0 Å². The highest BCUT2D eigenvalue weighted by Crippen LogP contribution is 2.52. The molecule has 0 fully saturated rings. The van der Waals surface area contributed by atoms with Crippen LogP contribution in [0.1, 0.15) is 0 Å². The van der Waals surface area contributed by atoms with Gasteiger partial charge in [0.1, 0.15) is 11.4 Å². The number of rotatable bonds is 4. The predicted octanol–water partition coefficient (Wildman–Crippen LogP) is 0.885. The van der Waals surface area contributed by atoms with Crippen molar-refractivity contribution < 1.29 is 18.9 Å². The monoisotopic (exact) mass is 228 g/mol. The summed E-state index contributed by atoms with van der Waals surface area (Å²) in [6, 6.07) is 0. The Labute approximate surface area is 94.0 Å². The van der Waals surface area contributed by atoms with Crippen LogP contribution in [0.5, 0.6) is 23.0 Å². The molecule has 0 radical (unpaired) electrons. The quantitative estimate of drug-likeness (QED) is 0.744. The minimum Gasteiger partial charge on any atom is -0.491 e. The van der Waals surface area contributed by atoms with Crippen molar-refractivity contribution in [2.24, 2.45) is 0 Å². The molecule has 6 heteroatoms. The molecule has 4 N–H and O–H groups in total. The van der Waals surface area contributed by atoms with E-state index in [1.807, 2.05) is 0 Å². The van der Waals surface area contributed by atoms with Crippen molar-refractivity contribution in [2.45, 2.75) is 0 Å². The van der Waals surface area contributed by atoms with Crippen molar-refractivity contribution >= 4 is 11.4 Å². The molecule has 0 aliphatic rings. The average molecular weight is 228 g/mol. The molecule has 0 atom stereocenters. The van der Waals surface area contributed by atoms with E-state index in [-0.39, 0.29) is 11.4 Å². The smallest absolute Gasteiger partial charge is 0.209 e. The van der Waals surface area contributed by atoms with Crippen molar-refractivity contribution in [3.8, 4) is 23.0 Å². The van der Waals surface area contributed by atoms with E-state index >= 15 is 0 Å². The van der Waals surface area contributed by atoms with Crippen LogP contribution in [0.15, 0.2) is 0 Å². The summed E-state index contributed by atoms with van der Waals surface area (Å²) >= 11 is 0. The summed E-state index contributed by atoms with van der Waals surface area (Å²) in [5.74, 6) is 1.37. The SMILES string of the molecule is COc1c(N)c(N)c(OC)c(OC)c1OC. The third-order valence-electron chi connectivity index (χ3n) is 2.21. The zero-order valence-electron chi connectivity index (χ0n) is 9.79. The first kappa shape index (κ1) is 12.1. The Kier molecular flexibility index (Phi) is 3.55. The second kappa shape index (κ2) is 4.69. The molecule has 90 valence electrons.